The van der Waals surface area contributed by atoms with Crippen LogP contribution in [0.15, 0.2) is 66.4 Å². The number of amides is 1. The monoisotopic (exact) mass is 931 g/mol. The highest BCUT2D eigenvalue weighted by Gasteiger charge is 2.56. The van der Waals surface area contributed by atoms with Gasteiger partial charge in [-0.15, -0.1) is 6.58 Å². The van der Waals surface area contributed by atoms with Crippen molar-refractivity contribution >= 4 is 34.3 Å². The lowest BCUT2D eigenvalue weighted by molar-refractivity contribution is -0.302. The summed E-state index contributed by atoms with van der Waals surface area (Å²) in [5.41, 5.74) is 3.05. The Morgan fingerprint density at radius 3 is 2.42 bits per heavy atom. The average Bonchev–Trinajstić information content (AvgIpc) is 3.69. The summed E-state index contributed by atoms with van der Waals surface area (Å²) in [6.07, 6.45) is 11.6. The number of fused-ring (bicyclic) bond motifs is 4. The van der Waals surface area contributed by atoms with Gasteiger partial charge in [-0.1, -0.05) is 51.5 Å². The number of benzene rings is 1. The fourth-order valence-corrected chi connectivity index (χ4v) is 11.1. The molecule has 1 N–H and O–H groups in total. The van der Waals surface area contributed by atoms with Gasteiger partial charge in [-0.3, -0.25) is 14.4 Å². The van der Waals surface area contributed by atoms with Crippen LogP contribution >= 0.6 is 0 Å². The van der Waals surface area contributed by atoms with E-state index in [1.165, 1.54) is 4.90 Å². The van der Waals surface area contributed by atoms with Crippen molar-refractivity contribution < 1.29 is 52.7 Å². The molecule has 2 bridgehead atoms. The maximum Gasteiger partial charge on any atom is 0.329 e. The van der Waals surface area contributed by atoms with E-state index in [-0.39, 0.29) is 54.6 Å². The van der Waals surface area contributed by atoms with Gasteiger partial charge in [0.25, 0.3) is 11.7 Å². The van der Waals surface area contributed by atoms with Crippen LogP contribution in [0.3, 0.4) is 0 Å². The van der Waals surface area contributed by atoms with E-state index in [1.54, 1.807) is 27.2 Å². The molecule has 2 saturated heterocycles. The van der Waals surface area contributed by atoms with Gasteiger partial charge in [-0.05, 0) is 132 Å². The number of aryl methyl sites for hydroxylation is 1. The summed E-state index contributed by atoms with van der Waals surface area (Å²) in [6, 6.07) is 7.15. The van der Waals surface area contributed by atoms with Crippen molar-refractivity contribution in [2.75, 3.05) is 27.4 Å². The summed E-state index contributed by atoms with van der Waals surface area (Å²) >= 11 is 0. The molecule has 3 aliphatic heterocycles. The topological polar surface area (TPSA) is 152 Å². The first kappa shape index (κ1) is 52.2. The van der Waals surface area contributed by atoms with Gasteiger partial charge in [0.2, 0.25) is 5.79 Å². The van der Waals surface area contributed by atoms with Gasteiger partial charge in [0.15, 0.2) is 0 Å². The van der Waals surface area contributed by atoms with Crippen LogP contribution in [0.1, 0.15) is 119 Å². The predicted molar refractivity (Wildman–Crippen MR) is 257 cm³/mol. The molecule has 1 aromatic carbocycles. The molecule has 1 amide bonds. The second-order valence-electron chi connectivity index (χ2n) is 20.2. The van der Waals surface area contributed by atoms with Crippen LogP contribution in [0.2, 0.25) is 0 Å². The third-order valence-corrected chi connectivity index (χ3v) is 15.0. The smallest absolute Gasteiger partial charge is 0.329 e. The summed E-state index contributed by atoms with van der Waals surface area (Å²) in [5.74, 6) is -5.46. The van der Waals surface area contributed by atoms with Gasteiger partial charge in [-0.2, -0.15) is 0 Å². The number of Topliss-reactive ketones (excluding diaryl/α,β-unsaturated/α-hetero) is 2. The molecule has 13 nitrogen and oxygen atoms in total. The number of esters is 1. The van der Waals surface area contributed by atoms with E-state index in [2.05, 4.69) is 48.4 Å². The summed E-state index contributed by atoms with van der Waals surface area (Å²) < 4.78 is 39.7. The van der Waals surface area contributed by atoms with Crippen LogP contribution in [-0.4, -0.2) is 114 Å². The molecule has 1 aliphatic carbocycles. The fourth-order valence-electron chi connectivity index (χ4n) is 11.1. The number of hydrogen-bond donors (Lipinski definition) is 1. The summed E-state index contributed by atoms with van der Waals surface area (Å²) in [6.45, 7) is 16.2. The van der Waals surface area contributed by atoms with Crippen LogP contribution < -0.4 is 4.74 Å². The molecule has 13 atom stereocenters. The third kappa shape index (κ3) is 12.4. The zero-order valence-corrected chi connectivity index (χ0v) is 41.6. The van der Waals surface area contributed by atoms with Crippen molar-refractivity contribution in [3.05, 3.63) is 66.4 Å². The van der Waals surface area contributed by atoms with Crippen LogP contribution in [0.5, 0.6) is 5.75 Å². The quantitative estimate of drug-likeness (QED) is 0.139. The minimum absolute atomic E-state index is 0.0757. The van der Waals surface area contributed by atoms with E-state index in [0.717, 1.165) is 40.6 Å². The molecule has 1 aromatic heterocycles. The van der Waals surface area contributed by atoms with Crippen LogP contribution in [0.4, 0.5) is 0 Å². The van der Waals surface area contributed by atoms with E-state index < -0.39 is 59.8 Å². The molecule has 13 unspecified atom stereocenters. The largest absolute Gasteiger partial charge is 0.488 e. The Morgan fingerprint density at radius 1 is 0.955 bits per heavy atom. The van der Waals surface area contributed by atoms with Gasteiger partial charge in [0.05, 0.1) is 24.9 Å². The molecule has 3 fully saturated rings. The lowest BCUT2D eigenvalue weighted by atomic mass is 9.82. The Bertz CT molecular complexity index is 2110. The first-order valence-electron chi connectivity index (χ1n) is 24.9. The van der Waals surface area contributed by atoms with E-state index in [1.807, 2.05) is 47.0 Å². The van der Waals surface area contributed by atoms with Gasteiger partial charge < -0.3 is 43.0 Å². The van der Waals surface area contributed by atoms with Crippen LogP contribution in [-0.2, 0) is 49.9 Å². The molecular weight excluding hydrogens is 853 g/mol. The maximum absolute atomic E-state index is 14.6. The Balaban J connectivity index is 1.29. The number of hydrogen-bond acceptors (Lipinski definition) is 11. The molecule has 4 heterocycles. The minimum Gasteiger partial charge on any atom is -0.488 e. The Morgan fingerprint density at radius 2 is 1.70 bits per heavy atom. The van der Waals surface area contributed by atoms with Gasteiger partial charge in [0.1, 0.15) is 35.9 Å². The number of carbonyl (C=O) groups is 4. The number of rotatable bonds is 10. The Hall–Kier alpha value is -4.14. The van der Waals surface area contributed by atoms with Crippen LogP contribution in [0.25, 0.3) is 10.9 Å². The van der Waals surface area contributed by atoms with Gasteiger partial charge in [-0.25, -0.2) is 4.79 Å². The molecule has 0 spiro atoms. The number of methoxy groups -OCH3 is 2. The highest BCUT2D eigenvalue weighted by Crippen LogP contribution is 2.40. The van der Waals surface area contributed by atoms with E-state index in [0.29, 0.717) is 64.4 Å². The highest BCUT2D eigenvalue weighted by atomic mass is 16.7. The lowest BCUT2D eigenvalue weighted by Gasteiger charge is -2.47. The molecule has 1 saturated carbocycles. The van der Waals surface area contributed by atoms with E-state index in [9.17, 15) is 24.3 Å². The SMILES string of the molecule is C=CCOC1CC(C=C(C)C2OC(=O)C3CCCCN3C(=O)C(=O)C3(O)OC(C(OC)CC(C)C/C(C)=C/C(CC)C(=O)CCC2C)C(OC)CC3C)CCC1Oc1ccc2c(ccn2C)c1. The van der Waals surface area contributed by atoms with Crippen molar-refractivity contribution in [1.29, 1.82) is 0 Å². The standard InChI is InChI=1S/C54H78N2O11/c1-11-25-64-46-31-38(17-21-45(46)65-41-18-19-42-40(32-41)22-24-55(42)8)29-36(6)49-35(5)16-20-44(57)39(12-2)27-33(3)26-34(4)28-47(62-9)50-48(63-10)30-37(7)54(61,67-50)51(58)52(59)56-23-14-13-15-43(56)53(60)66-49/h11,18-19,22,24,27,29,32,34-35,37-39,43,45-50,61H,1,12-17,20-21,23,25-26,28,30-31H2,2-10H3/b33-27+,36-29?. The molecule has 370 valence electrons. The van der Waals surface area contributed by atoms with Crippen molar-refractivity contribution in [2.45, 2.75) is 167 Å². The molecular formula is C54H78N2O11. The van der Waals surface area contributed by atoms with Gasteiger partial charge >= 0.3 is 5.97 Å². The zero-order chi connectivity index (χ0) is 48.6. The van der Waals surface area contributed by atoms with Crippen molar-refractivity contribution in [3.63, 3.8) is 0 Å². The van der Waals surface area contributed by atoms with E-state index in [4.69, 9.17) is 28.4 Å². The summed E-state index contributed by atoms with van der Waals surface area (Å²) in [7, 11) is 5.14. The van der Waals surface area contributed by atoms with E-state index >= 15 is 0 Å². The third-order valence-electron chi connectivity index (χ3n) is 15.0. The summed E-state index contributed by atoms with van der Waals surface area (Å²) in [5, 5.41) is 13.3. The number of piperidine rings is 1. The lowest BCUT2D eigenvalue weighted by Crippen LogP contribution is -2.64. The first-order valence-corrected chi connectivity index (χ1v) is 24.9. The second-order valence-corrected chi connectivity index (χ2v) is 20.2. The number of allylic oxidation sites excluding steroid dienone is 3. The number of nitrogens with zero attached hydrogens (tertiary/aromatic N) is 2. The fraction of sp³-hybridized carbons (Fsp3) is 0.667. The maximum atomic E-state index is 14.6. The number of ether oxygens (including phenoxy) is 6. The molecule has 13 heteroatoms. The normalized spacial score (nSPS) is 35.5. The van der Waals surface area contributed by atoms with Crippen molar-refractivity contribution in [3.8, 4) is 5.75 Å². The highest BCUT2D eigenvalue weighted by molar-refractivity contribution is 6.39. The molecule has 2 aromatic rings. The molecule has 0 radical (unpaired) electrons. The molecule has 67 heavy (non-hydrogen) atoms. The average molecular weight is 931 g/mol. The number of carbonyl (C=O) groups excluding carboxylic acids is 4. The van der Waals surface area contributed by atoms with Crippen LogP contribution in [0, 0.1) is 29.6 Å². The number of ketones is 2. The minimum atomic E-state index is -2.48. The number of cyclic esters (lactones) is 1. The first-order chi connectivity index (χ1) is 32.0. The predicted octanol–water partition coefficient (Wildman–Crippen LogP) is 8.64. The molecule has 6 rings (SSSR count). The molecule has 4 aliphatic rings. The van der Waals surface area contributed by atoms with Crippen molar-refractivity contribution in [1.82, 2.24) is 9.47 Å². The van der Waals surface area contributed by atoms with Gasteiger partial charge in [0, 0.05) is 63.2 Å². The Kier molecular flexibility index (Phi) is 18.3. The summed E-state index contributed by atoms with van der Waals surface area (Å²) in [4.78, 5) is 58.6. The number of aliphatic hydroxyl groups is 1. The van der Waals surface area contributed by atoms with Crippen molar-refractivity contribution in [2.24, 2.45) is 36.6 Å². The zero-order valence-electron chi connectivity index (χ0n) is 41.6. The number of aromatic nitrogens is 1. The Labute approximate surface area is 398 Å². The second kappa shape index (κ2) is 23.4.